The Morgan fingerprint density at radius 2 is 1.82 bits per heavy atom. The van der Waals surface area contributed by atoms with Crippen LogP contribution in [0, 0.1) is 0 Å². The number of hydrogen-bond acceptors (Lipinski definition) is 2. The van der Waals surface area contributed by atoms with Crippen LogP contribution < -0.4 is 0 Å². The molecule has 0 saturated heterocycles. The topological polar surface area (TPSA) is 12.5 Å². The zero-order valence-electron chi connectivity index (χ0n) is 8.64. The molecule has 0 N–H and O–H groups in total. The Bertz CT molecular complexity index is 117. The van der Waals surface area contributed by atoms with Gasteiger partial charge in [-0.3, -0.25) is 0 Å². The lowest BCUT2D eigenvalue weighted by molar-refractivity contribution is 0.419. The molecule has 0 atom stereocenters. The lowest BCUT2D eigenvalue weighted by atomic mass is 10.8. The van der Waals surface area contributed by atoms with Crippen LogP contribution in [0.1, 0.15) is 6.92 Å². The molecule has 0 rings (SSSR count). The molecule has 0 aromatic rings. The van der Waals surface area contributed by atoms with Gasteiger partial charge in [0.05, 0.1) is 0 Å². The van der Waals surface area contributed by atoms with Crippen molar-refractivity contribution < 1.29 is 4.12 Å². The molecule has 4 heteroatoms. The van der Waals surface area contributed by atoms with Crippen molar-refractivity contribution in [3.63, 3.8) is 0 Å². The molecule has 0 spiro atoms. The summed E-state index contributed by atoms with van der Waals surface area (Å²) < 4.78 is 8.36. The Kier molecular flexibility index (Phi) is 4.54. The van der Waals surface area contributed by atoms with E-state index in [0.29, 0.717) is 0 Å². The summed E-state index contributed by atoms with van der Waals surface area (Å²) in [6, 6.07) is 0. The molecule has 2 nitrogen and oxygen atoms in total. The summed E-state index contributed by atoms with van der Waals surface area (Å²) in [4.78, 5) is 0. The monoisotopic (exact) mass is 191 g/mol. The molecule has 0 unspecified atom stereocenters. The second kappa shape index (κ2) is 4.40. The highest BCUT2D eigenvalue weighted by molar-refractivity contribution is 6.75. The quantitative estimate of drug-likeness (QED) is 0.627. The van der Waals surface area contributed by atoms with Gasteiger partial charge in [-0.1, -0.05) is 6.92 Å². The van der Waals surface area contributed by atoms with Crippen molar-refractivity contribution in [1.82, 2.24) is 4.57 Å². The Balaban J connectivity index is 3.98. The molecular weight excluding hydrogens is 170 g/mol. The average molecular weight is 191 g/mol. The van der Waals surface area contributed by atoms with Crippen molar-refractivity contribution in [2.75, 3.05) is 13.6 Å². The van der Waals surface area contributed by atoms with Crippen molar-refractivity contribution in [3.05, 3.63) is 0 Å². The van der Waals surface area contributed by atoms with Gasteiger partial charge in [-0.05, 0) is 39.8 Å². The molecule has 0 heterocycles. The zero-order chi connectivity index (χ0) is 9.07. The first kappa shape index (κ1) is 11.4. The van der Waals surface area contributed by atoms with E-state index < -0.39 is 17.5 Å². The fourth-order valence-electron chi connectivity index (χ4n) is 1.05. The lowest BCUT2D eigenvalue weighted by Crippen LogP contribution is -2.51. The van der Waals surface area contributed by atoms with Gasteiger partial charge in [0.25, 0.3) is 8.48 Å². The van der Waals surface area contributed by atoms with E-state index in [1.54, 1.807) is 0 Å². The fourth-order valence-corrected chi connectivity index (χ4v) is 7.14. The maximum absolute atomic E-state index is 5.99. The van der Waals surface area contributed by atoms with Crippen LogP contribution in [0.3, 0.4) is 0 Å². The minimum Gasteiger partial charge on any atom is -0.447 e. The summed E-state index contributed by atoms with van der Waals surface area (Å²) in [6.45, 7) is 12.3. The minimum atomic E-state index is -1.47. The molecule has 0 aromatic heterocycles. The maximum Gasteiger partial charge on any atom is 0.254 e. The first-order chi connectivity index (χ1) is 4.90. The van der Waals surface area contributed by atoms with E-state index in [1.165, 1.54) is 0 Å². The first-order valence-electron chi connectivity index (χ1n) is 4.29. The van der Waals surface area contributed by atoms with Gasteiger partial charge in [0, 0.05) is 0 Å². The van der Waals surface area contributed by atoms with Crippen LogP contribution in [0.2, 0.25) is 26.2 Å². The molecule has 0 aliphatic heterocycles. The van der Waals surface area contributed by atoms with E-state index in [4.69, 9.17) is 4.12 Å². The van der Waals surface area contributed by atoms with Gasteiger partial charge in [-0.25, -0.2) is 0 Å². The number of hydrogen-bond donors (Lipinski definition) is 0. The molecule has 0 aromatic carbocycles. The van der Waals surface area contributed by atoms with E-state index in [-0.39, 0.29) is 0 Å². The second-order valence-electron chi connectivity index (χ2n) is 3.63. The van der Waals surface area contributed by atoms with Gasteiger partial charge >= 0.3 is 0 Å². The van der Waals surface area contributed by atoms with Gasteiger partial charge in [-0.2, -0.15) is 0 Å². The van der Waals surface area contributed by atoms with Crippen LogP contribution in [-0.2, 0) is 4.12 Å². The molecule has 0 aliphatic rings. The van der Waals surface area contributed by atoms with Crippen LogP contribution in [-0.4, -0.2) is 35.7 Å². The van der Waals surface area contributed by atoms with Crippen LogP contribution in [0.25, 0.3) is 0 Å². The average Bonchev–Trinajstić information content (AvgIpc) is 1.83. The summed E-state index contributed by atoms with van der Waals surface area (Å²) in [5.74, 6) is 0. The first-order valence-corrected chi connectivity index (χ1v) is 9.92. The normalized spacial score (nSPS) is 13.1. The largest absolute Gasteiger partial charge is 0.447 e. The van der Waals surface area contributed by atoms with Crippen LogP contribution in [0.15, 0.2) is 0 Å². The second-order valence-corrected chi connectivity index (χ2v) is 10.3. The highest BCUT2D eigenvalue weighted by Crippen LogP contribution is 2.09. The Hall–Kier alpha value is 0.354. The zero-order valence-corrected chi connectivity index (χ0v) is 10.8. The molecule has 0 aliphatic carbocycles. The van der Waals surface area contributed by atoms with Crippen LogP contribution in [0.4, 0.5) is 0 Å². The van der Waals surface area contributed by atoms with Crippen molar-refractivity contribution in [1.29, 1.82) is 0 Å². The summed E-state index contributed by atoms with van der Waals surface area (Å²) in [7, 11) is -0.164. The molecule has 68 valence electrons. The van der Waals surface area contributed by atoms with Gasteiger partial charge < -0.3 is 8.68 Å². The Morgan fingerprint density at radius 1 is 1.36 bits per heavy atom. The van der Waals surface area contributed by atoms with Gasteiger partial charge in [0.1, 0.15) is 0 Å². The molecule has 0 fully saturated rings. The standard InChI is InChI=1S/C7H21NOSi2/c1-7-8(2)11(5,6)9-10(3)4/h10H,7H2,1-6H3. The fraction of sp³-hybridized carbons (Fsp3) is 1.00. The van der Waals surface area contributed by atoms with E-state index >= 15 is 0 Å². The Morgan fingerprint density at radius 3 is 2.09 bits per heavy atom. The smallest absolute Gasteiger partial charge is 0.254 e. The van der Waals surface area contributed by atoms with E-state index in [9.17, 15) is 0 Å². The van der Waals surface area contributed by atoms with Crippen molar-refractivity contribution >= 4 is 17.5 Å². The molecule has 0 bridgehead atoms. The van der Waals surface area contributed by atoms with Gasteiger partial charge in [0.2, 0.25) is 0 Å². The third-order valence-corrected chi connectivity index (χ3v) is 8.27. The highest BCUT2D eigenvalue weighted by atomic mass is 28.4. The van der Waals surface area contributed by atoms with Crippen molar-refractivity contribution in [3.8, 4) is 0 Å². The van der Waals surface area contributed by atoms with E-state index in [0.717, 1.165) is 6.54 Å². The minimum absolute atomic E-state index is 0.846. The Labute approximate surface area is 73.5 Å². The molecular formula is C7H21NOSi2. The van der Waals surface area contributed by atoms with E-state index in [2.05, 4.69) is 44.7 Å². The summed E-state index contributed by atoms with van der Waals surface area (Å²) >= 11 is 0. The predicted octanol–water partition coefficient (Wildman–Crippen LogP) is 1.64. The number of nitrogens with zero attached hydrogens (tertiary/aromatic N) is 1. The van der Waals surface area contributed by atoms with Gasteiger partial charge in [0.15, 0.2) is 9.04 Å². The van der Waals surface area contributed by atoms with Crippen molar-refractivity contribution in [2.24, 2.45) is 0 Å². The summed E-state index contributed by atoms with van der Waals surface area (Å²) in [6.07, 6.45) is 0. The lowest BCUT2D eigenvalue weighted by Gasteiger charge is -2.33. The third kappa shape index (κ3) is 4.05. The third-order valence-electron chi connectivity index (χ3n) is 1.92. The summed E-state index contributed by atoms with van der Waals surface area (Å²) in [5.41, 5.74) is 0. The van der Waals surface area contributed by atoms with Crippen LogP contribution in [0.5, 0.6) is 0 Å². The highest BCUT2D eigenvalue weighted by Gasteiger charge is 2.27. The maximum atomic E-state index is 5.99. The van der Waals surface area contributed by atoms with Crippen molar-refractivity contribution in [2.45, 2.75) is 33.1 Å². The molecule has 0 amide bonds. The summed E-state index contributed by atoms with van der Waals surface area (Å²) in [5, 5.41) is 0. The molecule has 0 saturated carbocycles. The molecule has 11 heavy (non-hydrogen) atoms. The number of rotatable bonds is 4. The molecule has 0 radical (unpaired) electrons. The predicted molar refractivity (Wildman–Crippen MR) is 55.7 cm³/mol. The van der Waals surface area contributed by atoms with E-state index in [1.807, 2.05) is 0 Å². The SMILES string of the molecule is CCN(C)[Si](C)(C)O[SiH](C)C. The van der Waals surface area contributed by atoms with Gasteiger partial charge in [-0.15, -0.1) is 0 Å². The van der Waals surface area contributed by atoms with Crippen LogP contribution >= 0.6 is 0 Å².